The predicted octanol–water partition coefficient (Wildman–Crippen LogP) is 0.903. The minimum absolute atomic E-state index is 0. The van der Waals surface area contributed by atoms with E-state index in [1.165, 1.54) is 0 Å². The second-order valence-corrected chi connectivity index (χ2v) is 17.3. The van der Waals surface area contributed by atoms with E-state index in [-0.39, 0.29) is 9.90 Å². The van der Waals surface area contributed by atoms with Crippen molar-refractivity contribution >= 4 is 36.0 Å². The van der Waals surface area contributed by atoms with Crippen molar-refractivity contribution in [3.8, 4) is 0 Å². The van der Waals surface area contributed by atoms with Gasteiger partial charge in [0.15, 0.2) is 0 Å². The molecule has 0 aliphatic heterocycles. The quantitative estimate of drug-likeness (QED) is 0.417. The van der Waals surface area contributed by atoms with Crippen LogP contribution in [0.4, 0.5) is 0 Å². The molecule has 0 nitrogen and oxygen atoms in total. The van der Waals surface area contributed by atoms with Crippen LogP contribution in [0.25, 0.3) is 0 Å². The van der Waals surface area contributed by atoms with E-state index in [9.17, 15) is 0 Å². The van der Waals surface area contributed by atoms with E-state index in [0.29, 0.717) is 0 Å². The maximum absolute atomic E-state index is 2.87. The molecule has 0 radical (unpaired) electrons. The van der Waals surface area contributed by atoms with E-state index in [1.807, 2.05) is 0 Å². The zero-order valence-electron chi connectivity index (χ0n) is 3.86. The maximum atomic E-state index is 2.87. The van der Waals surface area contributed by atoms with Crippen molar-refractivity contribution in [2.24, 2.45) is 0 Å². The summed E-state index contributed by atoms with van der Waals surface area (Å²) in [6.45, 7) is 2.87. The monoisotopic (exact) mass is 218 g/mol. The minimum atomic E-state index is -0.720. The second kappa shape index (κ2) is 5.66. The third kappa shape index (κ3) is 27.5. The molecule has 3 heteroatoms. The molecule has 0 rings (SSSR count). The van der Waals surface area contributed by atoms with Crippen LogP contribution in [0.2, 0.25) is 9.88 Å². The SMILES string of the molecule is P.[CH3][SnH]([CH3])[PH2]. The Balaban J connectivity index is 0. The number of rotatable bonds is 0. The Bertz CT molecular complexity index is 12.4. The molecule has 0 spiro atoms. The molecule has 0 aromatic heterocycles. The summed E-state index contributed by atoms with van der Waals surface area (Å²) in [5.41, 5.74) is 0. The molecule has 0 saturated heterocycles. The molecule has 0 aromatic rings. The Hall–Kier alpha value is 1.66. The molecular weight excluding hydrogens is 205 g/mol. The Labute approximate surface area is 46.0 Å². The summed E-state index contributed by atoms with van der Waals surface area (Å²) in [5.74, 6) is 0. The average molecular weight is 217 g/mol. The van der Waals surface area contributed by atoms with Crippen molar-refractivity contribution in [1.29, 1.82) is 0 Å². The summed E-state index contributed by atoms with van der Waals surface area (Å²) < 4.78 is 0. The van der Waals surface area contributed by atoms with Gasteiger partial charge < -0.3 is 0 Å². The molecule has 2 unspecified atom stereocenters. The fourth-order valence-electron chi connectivity index (χ4n) is 0. The van der Waals surface area contributed by atoms with Gasteiger partial charge in [0.1, 0.15) is 0 Å². The molecule has 5 heavy (non-hydrogen) atoms. The molecule has 0 saturated carbocycles. The Morgan fingerprint density at radius 3 is 1.40 bits per heavy atom. The van der Waals surface area contributed by atoms with Crippen molar-refractivity contribution in [2.45, 2.75) is 9.88 Å². The van der Waals surface area contributed by atoms with Crippen LogP contribution in [0, 0.1) is 0 Å². The van der Waals surface area contributed by atoms with Gasteiger partial charge in [-0.3, -0.25) is 0 Å². The third-order valence-corrected chi connectivity index (χ3v) is 0. The first-order valence-electron chi connectivity index (χ1n) is 1.49. The van der Waals surface area contributed by atoms with E-state index in [0.717, 1.165) is 0 Å². The normalized spacial score (nSPS) is 7.20. The van der Waals surface area contributed by atoms with Gasteiger partial charge >= 0.3 is 36.0 Å². The fraction of sp³-hybridized carbons (Fsp3) is 1.00. The summed E-state index contributed by atoms with van der Waals surface area (Å²) in [7, 11) is 0. The standard InChI is InChI=1S/2CH3.H3P.H2P.Sn.H/h3*1H3;1H2;;/q;;;-1;+1;. The van der Waals surface area contributed by atoms with Gasteiger partial charge in [-0.15, -0.1) is 0 Å². The molecule has 0 aliphatic rings. The van der Waals surface area contributed by atoms with Crippen LogP contribution in [0.1, 0.15) is 0 Å². The van der Waals surface area contributed by atoms with Crippen molar-refractivity contribution in [3.63, 3.8) is 0 Å². The zero-order chi connectivity index (χ0) is 3.58. The van der Waals surface area contributed by atoms with Gasteiger partial charge in [0.05, 0.1) is 0 Å². The topological polar surface area (TPSA) is 0 Å². The van der Waals surface area contributed by atoms with Gasteiger partial charge in [-0.2, -0.15) is 9.90 Å². The molecule has 34 valence electrons. The summed E-state index contributed by atoms with van der Waals surface area (Å²) in [4.78, 5) is 4.68. The van der Waals surface area contributed by atoms with Crippen molar-refractivity contribution in [1.82, 2.24) is 0 Å². The fourth-order valence-corrected chi connectivity index (χ4v) is 0. The van der Waals surface area contributed by atoms with Crippen LogP contribution in [0.5, 0.6) is 0 Å². The van der Waals surface area contributed by atoms with E-state index in [1.54, 1.807) is 0 Å². The van der Waals surface area contributed by atoms with Gasteiger partial charge in [0, 0.05) is 0 Å². The van der Waals surface area contributed by atoms with Crippen molar-refractivity contribution < 1.29 is 0 Å². The number of hydrogen-bond donors (Lipinski definition) is 0. The van der Waals surface area contributed by atoms with E-state index in [2.05, 4.69) is 16.8 Å². The van der Waals surface area contributed by atoms with Gasteiger partial charge in [-0.05, 0) is 0 Å². The zero-order valence-corrected chi connectivity index (χ0v) is 9.73. The van der Waals surface area contributed by atoms with Crippen molar-refractivity contribution in [2.75, 3.05) is 0 Å². The van der Waals surface area contributed by atoms with E-state index in [4.69, 9.17) is 0 Å². The Kier molecular flexibility index (Phi) is 11.1. The third-order valence-electron chi connectivity index (χ3n) is 0. The van der Waals surface area contributed by atoms with Crippen LogP contribution in [0.15, 0.2) is 0 Å². The first kappa shape index (κ1) is 9.82. The summed E-state index contributed by atoms with van der Waals surface area (Å²) in [5, 5.41) is 0. The van der Waals surface area contributed by atoms with Crippen LogP contribution in [0.3, 0.4) is 0 Å². The van der Waals surface area contributed by atoms with Gasteiger partial charge in [0.2, 0.25) is 0 Å². The van der Waals surface area contributed by atoms with Crippen molar-refractivity contribution in [3.05, 3.63) is 0 Å². The molecule has 0 bridgehead atoms. The van der Waals surface area contributed by atoms with Gasteiger partial charge in [-0.1, -0.05) is 0 Å². The predicted molar refractivity (Wildman–Crippen MR) is 39.7 cm³/mol. The molecule has 0 amide bonds. The summed E-state index contributed by atoms with van der Waals surface area (Å²) in [6.07, 6.45) is 0. The summed E-state index contributed by atoms with van der Waals surface area (Å²) in [6, 6.07) is 0. The Morgan fingerprint density at radius 1 is 1.40 bits per heavy atom. The number of hydrogen-bond acceptors (Lipinski definition) is 0. The first-order valence-corrected chi connectivity index (χ1v) is 14.5. The second-order valence-electron chi connectivity index (χ2n) is 1.24. The molecule has 0 aliphatic carbocycles. The van der Waals surface area contributed by atoms with Crippen LogP contribution < -0.4 is 0 Å². The molecule has 0 N–H and O–H groups in total. The van der Waals surface area contributed by atoms with Gasteiger partial charge in [-0.25, -0.2) is 0 Å². The van der Waals surface area contributed by atoms with E-state index < -0.39 is 19.2 Å². The van der Waals surface area contributed by atoms with Crippen LogP contribution in [-0.2, 0) is 0 Å². The molecular formula is C2H12P2Sn. The summed E-state index contributed by atoms with van der Waals surface area (Å²) >= 11 is -0.720. The first-order chi connectivity index (χ1) is 1.73. The van der Waals surface area contributed by atoms with Crippen LogP contribution >= 0.6 is 16.8 Å². The van der Waals surface area contributed by atoms with Crippen LogP contribution in [-0.4, -0.2) is 19.2 Å². The molecule has 0 heterocycles. The molecule has 2 atom stereocenters. The molecule has 0 fully saturated rings. The van der Waals surface area contributed by atoms with E-state index >= 15 is 0 Å². The molecule has 0 aromatic carbocycles. The Morgan fingerprint density at radius 2 is 1.40 bits per heavy atom. The van der Waals surface area contributed by atoms with Gasteiger partial charge in [0.25, 0.3) is 0 Å². The average Bonchev–Trinajstić information content (AvgIpc) is 0.811.